The third-order valence-electron chi connectivity index (χ3n) is 11.7. The number of allylic oxidation sites excluding steroid dienone is 2. The van der Waals surface area contributed by atoms with Gasteiger partial charge >= 0.3 is 11.8 Å². The molecule has 3 heterocycles. The summed E-state index contributed by atoms with van der Waals surface area (Å²) in [7, 11) is 1.44. The van der Waals surface area contributed by atoms with Crippen LogP contribution in [-0.2, 0) is 28.6 Å². The fourth-order valence-electron chi connectivity index (χ4n) is 8.14. The van der Waals surface area contributed by atoms with Crippen molar-refractivity contribution >= 4 is 40.0 Å². The van der Waals surface area contributed by atoms with Crippen LogP contribution in [0.1, 0.15) is 92.1 Å². The molecule has 0 saturated heterocycles. The molecule has 15 nitrogen and oxygen atoms in total. The molecular formula is C47H66N2O13. The molecule has 0 saturated carbocycles. The molecule has 0 spiro atoms. The number of amides is 2. The number of phenols is 2. The number of Topliss-reactive ketones (excluding diaryl/α,β-unsaturated/α-hetero) is 1. The van der Waals surface area contributed by atoms with Gasteiger partial charge in [0.15, 0.2) is 12.4 Å². The minimum Gasteiger partial charge on any atom is -0.507 e. The highest BCUT2D eigenvalue weighted by molar-refractivity contribution is 6.21. The zero-order chi connectivity index (χ0) is 46.5. The van der Waals surface area contributed by atoms with Crippen molar-refractivity contribution in [3.8, 4) is 23.0 Å². The standard InChI is InChI=1S/C47H66N2O13/c1-23(2)20-49(21-24(3)4)35(51)22-59-34-19-32-42(55)37-36(34)38-44(30(10)41(37)54)62-47(12,45(38)56)60-18-17-33(58-13)27(7)43(61-31(11)50)29(9)40(53)28(8)39(52)25(5)15-14-16-26(6)46(57)48-32/h14-19,23-25,27-29,33,39-40,43,52-55H,20-22H2,1-13H3,(H,48,57)/b15-14-,18-17-,26-16-/t25-,27+,28+,29+,33-,39-,40+,43+,47-/m0/s1. The van der Waals surface area contributed by atoms with Gasteiger partial charge in [-0.1, -0.05) is 73.6 Å². The van der Waals surface area contributed by atoms with E-state index >= 15 is 0 Å². The van der Waals surface area contributed by atoms with Crippen molar-refractivity contribution in [1.82, 2.24) is 4.90 Å². The summed E-state index contributed by atoms with van der Waals surface area (Å²) in [6, 6.07) is 1.29. The van der Waals surface area contributed by atoms with Gasteiger partial charge in [-0.25, -0.2) is 0 Å². The number of esters is 1. The van der Waals surface area contributed by atoms with E-state index in [-0.39, 0.29) is 62.4 Å². The van der Waals surface area contributed by atoms with E-state index in [0.29, 0.717) is 13.1 Å². The van der Waals surface area contributed by atoms with Gasteiger partial charge in [-0.3, -0.25) is 19.2 Å². The highest BCUT2D eigenvalue weighted by Crippen LogP contribution is 2.54. The Bertz CT molecular complexity index is 2080. The fraction of sp³-hybridized carbons (Fsp3) is 0.574. The molecule has 5 rings (SSSR count). The van der Waals surface area contributed by atoms with Crippen LogP contribution in [0.15, 0.2) is 42.2 Å². The largest absolute Gasteiger partial charge is 0.507 e. The molecule has 2 amide bonds. The second kappa shape index (κ2) is 20.4. The van der Waals surface area contributed by atoms with Gasteiger partial charge in [0.1, 0.15) is 23.4 Å². The number of ketones is 1. The van der Waals surface area contributed by atoms with Crippen molar-refractivity contribution in [3.63, 3.8) is 0 Å². The molecule has 3 aliphatic rings. The number of benzene rings is 2. The summed E-state index contributed by atoms with van der Waals surface area (Å²) in [6.45, 7) is 21.0. The predicted octanol–water partition coefficient (Wildman–Crippen LogP) is 6.57. The van der Waals surface area contributed by atoms with Crippen molar-refractivity contribution in [2.75, 3.05) is 32.1 Å². The summed E-state index contributed by atoms with van der Waals surface area (Å²) in [5, 5.41) is 48.7. The maximum atomic E-state index is 14.6. The minimum atomic E-state index is -2.03. The molecule has 62 heavy (non-hydrogen) atoms. The Hall–Kier alpha value is -5.12. The maximum Gasteiger partial charge on any atom is 0.312 e. The normalized spacial score (nSPS) is 29.1. The number of carbonyl (C=O) groups excluding carboxylic acids is 4. The Labute approximate surface area is 364 Å². The predicted molar refractivity (Wildman–Crippen MR) is 234 cm³/mol. The van der Waals surface area contributed by atoms with Crippen LogP contribution in [0.5, 0.6) is 23.0 Å². The number of aliphatic hydroxyl groups excluding tert-OH is 2. The van der Waals surface area contributed by atoms with E-state index in [1.165, 1.54) is 59.3 Å². The maximum absolute atomic E-state index is 14.6. The lowest BCUT2D eigenvalue weighted by Crippen LogP contribution is -2.46. The smallest absolute Gasteiger partial charge is 0.312 e. The van der Waals surface area contributed by atoms with Crippen LogP contribution in [-0.4, -0.2) is 106 Å². The van der Waals surface area contributed by atoms with E-state index in [0.717, 1.165) is 0 Å². The van der Waals surface area contributed by atoms with Gasteiger partial charge in [-0.05, 0) is 31.8 Å². The summed E-state index contributed by atoms with van der Waals surface area (Å²) in [5.74, 6) is -7.67. The van der Waals surface area contributed by atoms with Crippen LogP contribution in [0.4, 0.5) is 5.69 Å². The molecule has 5 N–H and O–H groups in total. The molecule has 0 fully saturated rings. The van der Waals surface area contributed by atoms with Crippen molar-refractivity contribution in [3.05, 3.63) is 53.3 Å². The highest BCUT2D eigenvalue weighted by atomic mass is 16.7. The summed E-state index contributed by atoms with van der Waals surface area (Å²) in [4.78, 5) is 56.0. The number of hydrogen-bond acceptors (Lipinski definition) is 13. The zero-order valence-corrected chi connectivity index (χ0v) is 38.3. The number of rotatable bonds is 9. The van der Waals surface area contributed by atoms with Gasteiger partial charge in [0, 0.05) is 80.3 Å². The monoisotopic (exact) mass is 866 g/mol. The van der Waals surface area contributed by atoms with E-state index in [1.807, 2.05) is 27.7 Å². The molecule has 5 bridgehead atoms. The number of nitrogens with one attached hydrogen (secondary N) is 1. The van der Waals surface area contributed by atoms with E-state index in [1.54, 1.807) is 44.7 Å². The molecule has 342 valence electrons. The van der Waals surface area contributed by atoms with Gasteiger partial charge in [0.2, 0.25) is 0 Å². The summed E-state index contributed by atoms with van der Waals surface area (Å²) < 4.78 is 30.0. The van der Waals surface area contributed by atoms with Crippen molar-refractivity contribution in [1.29, 1.82) is 0 Å². The molecule has 9 atom stereocenters. The number of nitrogens with zero attached hydrogens (tertiary/aromatic N) is 1. The van der Waals surface area contributed by atoms with Crippen molar-refractivity contribution in [2.24, 2.45) is 35.5 Å². The number of carbonyl (C=O) groups is 4. The quantitative estimate of drug-likeness (QED) is 0.134. The summed E-state index contributed by atoms with van der Waals surface area (Å²) in [5.41, 5.74) is 0.000788. The first-order valence-electron chi connectivity index (χ1n) is 21.2. The highest BCUT2D eigenvalue weighted by Gasteiger charge is 2.50. The molecule has 0 aliphatic carbocycles. The fourth-order valence-corrected chi connectivity index (χ4v) is 8.14. The Morgan fingerprint density at radius 1 is 0.919 bits per heavy atom. The van der Waals surface area contributed by atoms with Crippen molar-refractivity contribution in [2.45, 2.75) is 113 Å². The molecule has 2 aromatic rings. The number of anilines is 1. The van der Waals surface area contributed by atoms with Gasteiger partial charge in [-0.15, -0.1) is 0 Å². The lowest BCUT2D eigenvalue weighted by Gasteiger charge is -2.38. The number of hydrogen-bond donors (Lipinski definition) is 5. The second-order valence-corrected chi connectivity index (χ2v) is 17.8. The average molecular weight is 867 g/mol. The molecule has 3 aliphatic heterocycles. The van der Waals surface area contributed by atoms with E-state index < -0.39 is 89.6 Å². The first-order valence-corrected chi connectivity index (χ1v) is 21.2. The van der Waals surface area contributed by atoms with E-state index in [9.17, 15) is 39.6 Å². The number of aromatic hydroxyl groups is 2. The number of ether oxygens (including phenoxy) is 5. The first kappa shape index (κ1) is 49.5. The Kier molecular flexibility index (Phi) is 16.3. The SMILES string of the molecule is CO[C@H]1/C=C\O[C@@]2(C)Oc3c(C)c(O)c4c(O)c(cc(OCC(=O)N(CC(C)C)CC(C)C)c4c3C2=O)NC(=O)/C(C)=C\C=C/[C@H](C)[C@H](O)[C@@H](C)[C@@H](O)[C@@H](C)[C@H](OC(C)=O)[C@@H]1C. The number of phenolic OH excluding ortho intramolecular Hbond substituents is 2. The molecule has 15 heteroatoms. The molecular weight excluding hydrogens is 801 g/mol. The Morgan fingerprint density at radius 3 is 2.13 bits per heavy atom. The van der Waals surface area contributed by atoms with E-state index in [4.69, 9.17) is 23.7 Å². The van der Waals surface area contributed by atoms with Gasteiger partial charge < -0.3 is 54.3 Å². The Morgan fingerprint density at radius 2 is 1.55 bits per heavy atom. The first-order chi connectivity index (χ1) is 28.9. The van der Waals surface area contributed by atoms with Crippen LogP contribution in [0.3, 0.4) is 0 Å². The second-order valence-electron chi connectivity index (χ2n) is 17.8. The van der Waals surface area contributed by atoms with E-state index in [2.05, 4.69) is 5.32 Å². The molecule has 0 unspecified atom stereocenters. The zero-order valence-electron chi connectivity index (χ0n) is 38.3. The Balaban J connectivity index is 1.94. The van der Waals surface area contributed by atoms with Gasteiger partial charge in [-0.2, -0.15) is 0 Å². The summed E-state index contributed by atoms with van der Waals surface area (Å²) in [6.07, 6.45) is 3.62. The third-order valence-corrected chi connectivity index (χ3v) is 11.7. The van der Waals surface area contributed by atoms with Crippen LogP contribution in [0.25, 0.3) is 10.8 Å². The average Bonchev–Trinajstić information content (AvgIpc) is 3.47. The number of fused-ring (bicyclic) bond motifs is 14. The van der Waals surface area contributed by atoms with Crippen molar-refractivity contribution < 1.29 is 63.3 Å². The number of methoxy groups -OCH3 is 1. The molecule has 0 aromatic heterocycles. The van der Waals surface area contributed by atoms with Gasteiger partial charge in [0.05, 0.1) is 41.2 Å². The minimum absolute atomic E-state index is 0.0551. The van der Waals surface area contributed by atoms with Crippen LogP contribution in [0.2, 0.25) is 0 Å². The van der Waals surface area contributed by atoms with Crippen LogP contribution < -0.4 is 14.8 Å². The number of aliphatic hydroxyl groups is 2. The molecule has 2 aromatic carbocycles. The third kappa shape index (κ3) is 10.7. The van der Waals surface area contributed by atoms with Gasteiger partial charge in [0.25, 0.3) is 17.6 Å². The lowest BCUT2D eigenvalue weighted by atomic mass is 9.78. The molecule has 0 radical (unpaired) electrons. The topological polar surface area (TPSA) is 211 Å². The summed E-state index contributed by atoms with van der Waals surface area (Å²) >= 11 is 0. The van der Waals surface area contributed by atoms with Crippen LogP contribution in [0, 0.1) is 42.4 Å². The van der Waals surface area contributed by atoms with Crippen LogP contribution >= 0.6 is 0 Å². The lowest BCUT2D eigenvalue weighted by molar-refractivity contribution is -0.160.